The number of aromatic nitrogens is 4. The lowest BCUT2D eigenvalue weighted by Crippen LogP contribution is -2.20. The molecule has 0 saturated carbocycles. The highest BCUT2D eigenvalue weighted by atomic mass is 16.5. The molecular formula is C26H32N6O. The minimum absolute atomic E-state index is 0.639. The van der Waals surface area contributed by atoms with Gasteiger partial charge in [0.15, 0.2) is 5.82 Å². The normalized spacial score (nSPS) is 11.2. The number of nitrogens with zero attached hydrogens (tertiary/aromatic N) is 5. The van der Waals surface area contributed by atoms with Crippen LogP contribution in [0.4, 0.5) is 5.82 Å². The Kier molecular flexibility index (Phi) is 7.19. The van der Waals surface area contributed by atoms with Crippen molar-refractivity contribution in [3.05, 3.63) is 71.5 Å². The Bertz CT molecular complexity index is 1200. The maximum atomic E-state index is 6.17. The maximum absolute atomic E-state index is 6.17. The SMILES string of the molecule is Cc1nnc(N(C)C)c2nn(-c3ccccc3OCCCNCCc3ccccc3)c(C)c12. The molecule has 0 amide bonds. The van der Waals surface area contributed by atoms with Crippen LogP contribution in [0.5, 0.6) is 5.75 Å². The molecule has 0 spiro atoms. The van der Waals surface area contributed by atoms with E-state index in [0.717, 1.165) is 65.5 Å². The molecule has 0 aliphatic heterocycles. The van der Waals surface area contributed by atoms with Crippen molar-refractivity contribution in [2.24, 2.45) is 0 Å². The predicted octanol–water partition coefficient (Wildman–Crippen LogP) is 4.10. The molecule has 0 radical (unpaired) electrons. The largest absolute Gasteiger partial charge is 0.491 e. The van der Waals surface area contributed by atoms with E-state index < -0.39 is 0 Å². The van der Waals surface area contributed by atoms with E-state index in [1.165, 1.54) is 5.56 Å². The third-order valence-electron chi connectivity index (χ3n) is 5.69. The van der Waals surface area contributed by atoms with Gasteiger partial charge in [0.05, 0.1) is 23.4 Å². The second kappa shape index (κ2) is 10.4. The topological polar surface area (TPSA) is 68.1 Å². The number of para-hydroxylation sites is 2. The van der Waals surface area contributed by atoms with Gasteiger partial charge in [0, 0.05) is 14.1 Å². The molecule has 0 unspecified atom stereocenters. The van der Waals surface area contributed by atoms with Crippen LogP contribution in [0.2, 0.25) is 0 Å². The van der Waals surface area contributed by atoms with Crippen molar-refractivity contribution in [2.75, 3.05) is 38.7 Å². The summed E-state index contributed by atoms with van der Waals surface area (Å²) in [5.74, 6) is 1.58. The van der Waals surface area contributed by atoms with Gasteiger partial charge in [-0.25, -0.2) is 4.68 Å². The van der Waals surface area contributed by atoms with E-state index in [4.69, 9.17) is 9.84 Å². The van der Waals surface area contributed by atoms with E-state index in [1.54, 1.807) is 0 Å². The summed E-state index contributed by atoms with van der Waals surface area (Å²) in [6, 6.07) is 18.6. The number of benzene rings is 2. The van der Waals surface area contributed by atoms with E-state index in [0.29, 0.717) is 6.61 Å². The standard InChI is InChI=1S/C26H32N6O/c1-19-24-20(2)32(30-25(24)26(29-28-19)31(3)4)22-13-8-9-14-23(22)33-18-10-16-27-17-15-21-11-6-5-7-12-21/h5-9,11-14,27H,10,15-18H2,1-4H3. The van der Waals surface area contributed by atoms with Crippen LogP contribution in [0.3, 0.4) is 0 Å². The fourth-order valence-corrected chi connectivity index (χ4v) is 3.98. The van der Waals surface area contributed by atoms with Crippen LogP contribution < -0.4 is 15.0 Å². The molecule has 2 aromatic carbocycles. The highest BCUT2D eigenvalue weighted by Gasteiger charge is 2.19. The lowest BCUT2D eigenvalue weighted by atomic mass is 10.1. The molecule has 7 heteroatoms. The summed E-state index contributed by atoms with van der Waals surface area (Å²) in [5, 5.41) is 18.1. The Hall–Kier alpha value is -3.45. The van der Waals surface area contributed by atoms with E-state index in [-0.39, 0.29) is 0 Å². The van der Waals surface area contributed by atoms with Crippen molar-refractivity contribution < 1.29 is 4.74 Å². The van der Waals surface area contributed by atoms with Crippen LogP contribution >= 0.6 is 0 Å². The summed E-state index contributed by atoms with van der Waals surface area (Å²) in [6.07, 6.45) is 1.97. The summed E-state index contributed by atoms with van der Waals surface area (Å²) in [6.45, 7) is 6.57. The van der Waals surface area contributed by atoms with E-state index in [1.807, 2.05) is 54.9 Å². The molecule has 2 heterocycles. The Morgan fingerprint density at radius 2 is 1.70 bits per heavy atom. The molecule has 33 heavy (non-hydrogen) atoms. The van der Waals surface area contributed by atoms with Crippen molar-refractivity contribution in [3.8, 4) is 11.4 Å². The molecular weight excluding hydrogens is 412 g/mol. The average molecular weight is 445 g/mol. The first-order chi connectivity index (χ1) is 16.1. The Labute approximate surface area is 195 Å². The van der Waals surface area contributed by atoms with Gasteiger partial charge in [-0.3, -0.25) is 0 Å². The summed E-state index contributed by atoms with van der Waals surface area (Å²) >= 11 is 0. The quantitative estimate of drug-likeness (QED) is 0.372. The molecule has 172 valence electrons. The van der Waals surface area contributed by atoms with Crippen LogP contribution in [0.25, 0.3) is 16.6 Å². The molecule has 4 rings (SSSR count). The number of fused-ring (bicyclic) bond motifs is 1. The summed E-state index contributed by atoms with van der Waals surface area (Å²) in [4.78, 5) is 1.94. The second-order valence-corrected chi connectivity index (χ2v) is 8.38. The molecule has 7 nitrogen and oxygen atoms in total. The first-order valence-electron chi connectivity index (χ1n) is 11.4. The third kappa shape index (κ3) is 5.14. The molecule has 0 saturated heterocycles. The van der Waals surface area contributed by atoms with Crippen molar-refractivity contribution in [1.82, 2.24) is 25.3 Å². The van der Waals surface area contributed by atoms with Gasteiger partial charge in [-0.2, -0.15) is 10.2 Å². The lowest BCUT2D eigenvalue weighted by molar-refractivity contribution is 0.307. The zero-order valence-corrected chi connectivity index (χ0v) is 19.9. The summed E-state index contributed by atoms with van der Waals surface area (Å²) in [5.41, 5.74) is 5.03. The van der Waals surface area contributed by atoms with Crippen LogP contribution in [-0.2, 0) is 6.42 Å². The Balaban J connectivity index is 1.42. The highest BCUT2D eigenvalue weighted by Crippen LogP contribution is 2.31. The minimum Gasteiger partial charge on any atom is -0.491 e. The lowest BCUT2D eigenvalue weighted by Gasteiger charge is -2.13. The van der Waals surface area contributed by atoms with Crippen LogP contribution in [-0.4, -0.2) is 53.8 Å². The summed E-state index contributed by atoms with van der Waals surface area (Å²) < 4.78 is 8.12. The van der Waals surface area contributed by atoms with Gasteiger partial charge in [-0.05, 0) is 57.5 Å². The number of hydrogen-bond donors (Lipinski definition) is 1. The van der Waals surface area contributed by atoms with Crippen molar-refractivity contribution in [1.29, 1.82) is 0 Å². The summed E-state index contributed by atoms with van der Waals surface area (Å²) in [7, 11) is 3.91. The number of anilines is 1. The smallest absolute Gasteiger partial charge is 0.179 e. The van der Waals surface area contributed by atoms with Crippen LogP contribution in [0, 0.1) is 13.8 Å². The number of nitrogens with one attached hydrogen (secondary N) is 1. The molecule has 0 aliphatic carbocycles. The van der Waals surface area contributed by atoms with E-state index >= 15 is 0 Å². The molecule has 2 aromatic heterocycles. The molecule has 0 bridgehead atoms. The average Bonchev–Trinajstić information content (AvgIpc) is 3.17. The van der Waals surface area contributed by atoms with Crippen LogP contribution in [0.15, 0.2) is 54.6 Å². The maximum Gasteiger partial charge on any atom is 0.179 e. The van der Waals surface area contributed by atoms with Crippen molar-refractivity contribution in [2.45, 2.75) is 26.7 Å². The second-order valence-electron chi connectivity index (χ2n) is 8.38. The van der Waals surface area contributed by atoms with E-state index in [2.05, 4.69) is 52.8 Å². The van der Waals surface area contributed by atoms with Gasteiger partial charge in [-0.1, -0.05) is 42.5 Å². The molecule has 4 aromatic rings. The molecule has 0 aliphatic rings. The van der Waals surface area contributed by atoms with Gasteiger partial charge in [-0.15, -0.1) is 5.10 Å². The molecule has 1 N–H and O–H groups in total. The number of rotatable bonds is 10. The third-order valence-corrected chi connectivity index (χ3v) is 5.69. The number of aryl methyl sites for hydroxylation is 2. The van der Waals surface area contributed by atoms with Gasteiger partial charge in [0.2, 0.25) is 0 Å². The number of ether oxygens (including phenoxy) is 1. The fourth-order valence-electron chi connectivity index (χ4n) is 3.98. The molecule has 0 atom stereocenters. The minimum atomic E-state index is 0.639. The molecule has 0 fully saturated rings. The Morgan fingerprint density at radius 3 is 2.48 bits per heavy atom. The zero-order chi connectivity index (χ0) is 23.2. The van der Waals surface area contributed by atoms with Gasteiger partial charge in [0.1, 0.15) is 17.0 Å². The zero-order valence-electron chi connectivity index (χ0n) is 19.9. The fraction of sp³-hybridized carbons (Fsp3) is 0.346. The highest BCUT2D eigenvalue weighted by molar-refractivity contribution is 5.92. The Morgan fingerprint density at radius 1 is 0.939 bits per heavy atom. The number of hydrogen-bond acceptors (Lipinski definition) is 6. The van der Waals surface area contributed by atoms with Gasteiger partial charge < -0.3 is 15.0 Å². The van der Waals surface area contributed by atoms with Crippen LogP contribution in [0.1, 0.15) is 23.4 Å². The van der Waals surface area contributed by atoms with E-state index in [9.17, 15) is 0 Å². The first-order valence-corrected chi connectivity index (χ1v) is 11.4. The predicted molar refractivity (Wildman–Crippen MR) is 134 cm³/mol. The van der Waals surface area contributed by atoms with Gasteiger partial charge >= 0.3 is 0 Å². The monoisotopic (exact) mass is 444 g/mol. The van der Waals surface area contributed by atoms with Crippen molar-refractivity contribution >= 4 is 16.7 Å². The van der Waals surface area contributed by atoms with Gasteiger partial charge in [0.25, 0.3) is 0 Å². The van der Waals surface area contributed by atoms with Crippen molar-refractivity contribution in [3.63, 3.8) is 0 Å². The first kappa shape index (κ1) is 22.7.